The van der Waals surface area contributed by atoms with Crippen LogP contribution in [0.15, 0.2) is 140 Å². The Hall–Kier alpha value is -6.26. The summed E-state index contributed by atoms with van der Waals surface area (Å²) in [4.78, 5) is 18.3. The van der Waals surface area contributed by atoms with Gasteiger partial charge in [0.25, 0.3) is 0 Å². The zero-order valence-corrected chi connectivity index (χ0v) is 25.6. The molecule has 1 aliphatic carbocycles. The maximum Gasteiger partial charge on any atom is 0.0737 e. The quantitative estimate of drug-likeness (QED) is 0.211. The summed E-state index contributed by atoms with van der Waals surface area (Å²) in [6, 6.07) is 40.3. The van der Waals surface area contributed by atoms with Crippen LogP contribution in [0.2, 0.25) is 0 Å². The molecule has 2 aliphatic heterocycles. The first kappa shape index (κ1) is 27.1. The van der Waals surface area contributed by atoms with Crippen molar-refractivity contribution in [3.8, 4) is 33.4 Å². The summed E-state index contributed by atoms with van der Waals surface area (Å²) in [5.74, 6) is 0.104. The Morgan fingerprint density at radius 3 is 1.19 bits per heavy atom. The van der Waals surface area contributed by atoms with Crippen molar-refractivity contribution >= 4 is 46.4 Å². The molecule has 2 N–H and O–H groups in total. The van der Waals surface area contributed by atoms with E-state index >= 15 is 0 Å². The van der Waals surface area contributed by atoms with E-state index in [1.807, 2.05) is 0 Å². The lowest BCUT2D eigenvalue weighted by molar-refractivity contribution is 1.08. The fourth-order valence-corrected chi connectivity index (χ4v) is 6.93. The molecule has 3 aromatic heterocycles. The van der Waals surface area contributed by atoms with Gasteiger partial charge in [-0.1, -0.05) is 115 Å². The first-order valence-electron chi connectivity index (χ1n) is 16.0. The third kappa shape index (κ3) is 4.79. The Morgan fingerprint density at radius 2 is 0.745 bits per heavy atom. The van der Waals surface area contributed by atoms with Gasteiger partial charge in [0.2, 0.25) is 0 Å². The molecule has 4 nitrogen and oxygen atoms in total. The zero-order chi connectivity index (χ0) is 31.2. The van der Waals surface area contributed by atoms with Crippen molar-refractivity contribution in [3.05, 3.63) is 168 Å². The maximum atomic E-state index is 5.35. The maximum absolute atomic E-state index is 5.35. The number of nitrogens with one attached hydrogen (secondary N) is 2. The van der Waals surface area contributed by atoms with Crippen LogP contribution in [0.5, 0.6) is 0 Å². The molecule has 222 valence electrons. The van der Waals surface area contributed by atoms with Gasteiger partial charge >= 0.3 is 0 Å². The highest BCUT2D eigenvalue weighted by Gasteiger charge is 2.20. The van der Waals surface area contributed by atoms with E-state index < -0.39 is 0 Å². The van der Waals surface area contributed by atoms with Crippen molar-refractivity contribution in [2.24, 2.45) is 0 Å². The molecule has 3 aliphatic rings. The monoisotopic (exact) mass is 602 g/mol. The van der Waals surface area contributed by atoms with Crippen LogP contribution in [0, 0.1) is 0 Å². The van der Waals surface area contributed by atoms with E-state index in [1.165, 1.54) is 0 Å². The van der Waals surface area contributed by atoms with E-state index in [1.54, 1.807) is 0 Å². The summed E-state index contributed by atoms with van der Waals surface area (Å²) in [5, 5.41) is 0. The zero-order valence-electron chi connectivity index (χ0n) is 25.6. The molecule has 0 amide bonds. The SMILES string of the molecule is C1=CC(c2c3nc(c(-c4ccccc4)c4ccc([nH]4)c(-c4ccccc4)c4nc(c(-c5ccccc5)c5ccc2[nH]5)C=C4)C=C3)C=C1. The van der Waals surface area contributed by atoms with Crippen molar-refractivity contribution in [2.45, 2.75) is 5.92 Å². The van der Waals surface area contributed by atoms with Crippen molar-refractivity contribution in [1.82, 2.24) is 19.9 Å². The number of aromatic nitrogens is 4. The molecule has 8 bridgehead atoms. The molecule has 3 aromatic carbocycles. The van der Waals surface area contributed by atoms with Crippen LogP contribution in [0.25, 0.3) is 79.8 Å². The average Bonchev–Trinajstić information content (AvgIpc) is 3.97. The van der Waals surface area contributed by atoms with Crippen LogP contribution in [0.4, 0.5) is 0 Å². The molecule has 0 unspecified atom stereocenters. The molecule has 0 spiro atoms. The second kappa shape index (κ2) is 11.3. The molecule has 0 saturated carbocycles. The summed E-state index contributed by atoms with van der Waals surface area (Å²) >= 11 is 0. The van der Waals surface area contributed by atoms with Gasteiger partial charge in [0, 0.05) is 50.2 Å². The highest BCUT2D eigenvalue weighted by atomic mass is 14.8. The summed E-state index contributed by atoms with van der Waals surface area (Å²) in [6.07, 6.45) is 17.3. The molecule has 0 saturated heterocycles. The van der Waals surface area contributed by atoms with Gasteiger partial charge in [0.1, 0.15) is 0 Å². The smallest absolute Gasteiger partial charge is 0.0737 e. The number of allylic oxidation sites excluding steroid dienone is 4. The summed E-state index contributed by atoms with van der Waals surface area (Å²) in [7, 11) is 0. The summed E-state index contributed by atoms with van der Waals surface area (Å²) in [5.41, 5.74) is 15.4. The third-order valence-corrected chi connectivity index (χ3v) is 9.06. The predicted octanol–water partition coefficient (Wildman–Crippen LogP) is 10.9. The van der Waals surface area contributed by atoms with E-state index in [0.29, 0.717) is 0 Å². The Labute approximate surface area is 272 Å². The van der Waals surface area contributed by atoms with Gasteiger partial charge in [0.05, 0.1) is 22.8 Å². The van der Waals surface area contributed by atoms with E-state index in [9.17, 15) is 0 Å². The fourth-order valence-electron chi connectivity index (χ4n) is 6.93. The minimum Gasteiger partial charge on any atom is -0.355 e. The fraction of sp³-hybridized carbons (Fsp3) is 0.0233. The van der Waals surface area contributed by atoms with Crippen molar-refractivity contribution in [2.75, 3.05) is 0 Å². The van der Waals surface area contributed by atoms with Crippen LogP contribution < -0.4 is 0 Å². The Kier molecular flexibility index (Phi) is 6.50. The highest BCUT2D eigenvalue weighted by molar-refractivity contribution is 5.97. The summed E-state index contributed by atoms with van der Waals surface area (Å²) < 4.78 is 0. The molecule has 9 rings (SSSR count). The second-order valence-corrected chi connectivity index (χ2v) is 11.9. The van der Waals surface area contributed by atoms with Crippen LogP contribution in [-0.4, -0.2) is 19.9 Å². The van der Waals surface area contributed by atoms with Crippen LogP contribution in [0.1, 0.15) is 34.3 Å². The number of rotatable bonds is 4. The van der Waals surface area contributed by atoms with Gasteiger partial charge in [-0.3, -0.25) is 0 Å². The highest BCUT2D eigenvalue weighted by Crippen LogP contribution is 2.38. The second-order valence-electron chi connectivity index (χ2n) is 11.9. The van der Waals surface area contributed by atoms with Crippen molar-refractivity contribution < 1.29 is 0 Å². The molecule has 0 radical (unpaired) electrons. The lowest BCUT2D eigenvalue weighted by Crippen LogP contribution is -1.95. The molecule has 0 atom stereocenters. The predicted molar refractivity (Wildman–Crippen MR) is 196 cm³/mol. The molecular weight excluding hydrogens is 573 g/mol. The number of hydrogen-bond acceptors (Lipinski definition) is 2. The lowest BCUT2D eigenvalue weighted by Gasteiger charge is -2.08. The minimum absolute atomic E-state index is 0.104. The summed E-state index contributed by atoms with van der Waals surface area (Å²) in [6.45, 7) is 0. The van der Waals surface area contributed by atoms with Gasteiger partial charge in [-0.25, -0.2) is 9.97 Å². The number of benzene rings is 3. The van der Waals surface area contributed by atoms with Crippen molar-refractivity contribution in [1.29, 1.82) is 0 Å². The molecule has 0 fully saturated rings. The first-order valence-corrected chi connectivity index (χ1v) is 16.0. The first-order chi connectivity index (χ1) is 23.3. The molecule has 4 heteroatoms. The normalized spacial score (nSPS) is 13.5. The van der Waals surface area contributed by atoms with Gasteiger partial charge in [0.15, 0.2) is 0 Å². The number of H-pyrrole nitrogens is 2. The average molecular weight is 603 g/mol. The Morgan fingerprint density at radius 1 is 0.383 bits per heavy atom. The Balaban J connectivity index is 1.47. The van der Waals surface area contributed by atoms with Gasteiger partial charge < -0.3 is 9.97 Å². The molecular formula is C43H30N4. The third-order valence-electron chi connectivity index (χ3n) is 9.06. The van der Waals surface area contributed by atoms with Crippen LogP contribution in [0.3, 0.4) is 0 Å². The van der Waals surface area contributed by atoms with E-state index in [4.69, 9.17) is 9.97 Å². The molecule has 6 aromatic rings. The Bertz CT molecular complexity index is 2390. The van der Waals surface area contributed by atoms with Crippen LogP contribution in [-0.2, 0) is 0 Å². The van der Waals surface area contributed by atoms with Crippen molar-refractivity contribution in [3.63, 3.8) is 0 Å². The number of nitrogens with zero attached hydrogens (tertiary/aromatic N) is 2. The molecule has 47 heavy (non-hydrogen) atoms. The van der Waals surface area contributed by atoms with E-state index in [0.717, 1.165) is 83.8 Å². The number of aromatic amines is 2. The molecule has 5 heterocycles. The van der Waals surface area contributed by atoms with Crippen LogP contribution >= 0.6 is 0 Å². The topological polar surface area (TPSA) is 57.4 Å². The number of hydrogen-bond donors (Lipinski definition) is 2. The van der Waals surface area contributed by atoms with Gasteiger partial charge in [-0.2, -0.15) is 0 Å². The van der Waals surface area contributed by atoms with E-state index in [-0.39, 0.29) is 5.92 Å². The largest absolute Gasteiger partial charge is 0.355 e. The lowest BCUT2D eigenvalue weighted by atomic mass is 9.99. The minimum atomic E-state index is 0.104. The van der Waals surface area contributed by atoms with Gasteiger partial charge in [-0.05, 0) is 65.3 Å². The number of fused-ring (bicyclic) bond motifs is 8. The van der Waals surface area contributed by atoms with E-state index in [2.05, 4.69) is 174 Å². The standard InChI is InChI=1S/C43H30N4/c1-4-12-28(13-5-1)40-32-20-22-34(44-32)41(29-14-6-2-7-15-29)36-24-26-38(46-36)43(31-18-10-11-19-31)39-27-25-37(47-39)42(30-16-8-3-9-17-30)35-23-21-33(40)45-35/h1-27,31,44,47H. The van der Waals surface area contributed by atoms with Gasteiger partial charge in [-0.15, -0.1) is 0 Å².